The molecule has 0 fully saturated rings. The molecule has 0 aliphatic rings. The second kappa shape index (κ2) is 5.17. The average Bonchev–Trinajstić information content (AvgIpc) is 2.17. The maximum Gasteiger partial charge on any atom is 0.181 e. The van der Waals surface area contributed by atoms with Crippen LogP contribution in [0.3, 0.4) is 0 Å². The summed E-state index contributed by atoms with van der Waals surface area (Å²) in [6.07, 6.45) is 0. The first kappa shape index (κ1) is 13.5. The Morgan fingerprint density at radius 2 is 1.88 bits per heavy atom. The first-order chi connectivity index (χ1) is 7.34. The summed E-state index contributed by atoms with van der Waals surface area (Å²) in [5.74, 6) is 0.0475. The van der Waals surface area contributed by atoms with Gasteiger partial charge >= 0.3 is 0 Å². The van der Waals surface area contributed by atoms with E-state index in [0.29, 0.717) is 0 Å². The quantitative estimate of drug-likeness (QED) is 0.903. The highest BCUT2D eigenvalue weighted by Crippen LogP contribution is 2.22. The van der Waals surface area contributed by atoms with Gasteiger partial charge in [-0.2, -0.15) is 0 Å². The number of halogens is 1. The lowest BCUT2D eigenvalue weighted by atomic mass is 10.1. The number of hydrogen-bond donors (Lipinski definition) is 1. The Bertz CT molecular complexity index is 457. The average molecular weight is 262 g/mol. The lowest BCUT2D eigenvalue weighted by molar-refractivity contribution is 0.516. The molecule has 0 bridgehead atoms. The molecule has 3 nitrogen and oxygen atoms in total. The highest BCUT2D eigenvalue weighted by molar-refractivity contribution is 7.91. The third-order valence-electron chi connectivity index (χ3n) is 2.44. The zero-order chi connectivity index (χ0) is 12.3. The van der Waals surface area contributed by atoms with Crippen molar-refractivity contribution in [3.8, 4) is 0 Å². The van der Waals surface area contributed by atoms with Crippen molar-refractivity contribution < 1.29 is 8.42 Å². The van der Waals surface area contributed by atoms with Crippen molar-refractivity contribution in [2.24, 2.45) is 11.7 Å². The van der Waals surface area contributed by atoms with Crippen molar-refractivity contribution in [1.29, 1.82) is 0 Å². The van der Waals surface area contributed by atoms with Gasteiger partial charge < -0.3 is 5.73 Å². The summed E-state index contributed by atoms with van der Waals surface area (Å²) in [6.45, 7) is 3.79. The highest BCUT2D eigenvalue weighted by atomic mass is 35.5. The monoisotopic (exact) mass is 261 g/mol. The van der Waals surface area contributed by atoms with Crippen molar-refractivity contribution in [2.75, 3.05) is 5.75 Å². The van der Waals surface area contributed by atoms with Crippen LogP contribution in [0.5, 0.6) is 0 Å². The summed E-state index contributed by atoms with van der Waals surface area (Å²) in [7, 11) is -3.39. The van der Waals surface area contributed by atoms with Gasteiger partial charge in [0.1, 0.15) is 0 Å². The molecule has 5 heteroatoms. The van der Waals surface area contributed by atoms with Crippen LogP contribution < -0.4 is 5.73 Å². The molecule has 0 aromatic heterocycles. The Labute approximate surface area is 102 Å². The number of benzene rings is 1. The molecule has 1 atom stereocenters. The van der Waals surface area contributed by atoms with Crippen molar-refractivity contribution in [2.45, 2.75) is 24.8 Å². The van der Waals surface area contributed by atoms with Crippen LogP contribution >= 0.6 is 11.6 Å². The van der Waals surface area contributed by atoms with E-state index in [9.17, 15) is 8.42 Å². The Balaban J connectivity index is 3.00. The van der Waals surface area contributed by atoms with Crippen LogP contribution in [0.15, 0.2) is 29.2 Å². The Kier molecular flexibility index (Phi) is 4.35. The van der Waals surface area contributed by atoms with Crippen LogP contribution in [0.1, 0.15) is 13.8 Å². The van der Waals surface area contributed by atoms with Gasteiger partial charge in [0.2, 0.25) is 0 Å². The summed E-state index contributed by atoms with van der Waals surface area (Å²) in [6, 6.07) is 6.05. The fourth-order valence-corrected chi connectivity index (χ4v) is 3.44. The standard InChI is InChI=1S/C11H16ClNO2S/c1-8(2)10(13)7-16(14,15)11-6-4-3-5-9(11)12/h3-6,8,10H,7,13H2,1-2H3. The molecule has 0 spiro atoms. The van der Waals surface area contributed by atoms with Crippen LogP contribution in [0.25, 0.3) is 0 Å². The Morgan fingerprint density at radius 3 is 2.38 bits per heavy atom. The molecule has 1 rings (SSSR count). The van der Waals surface area contributed by atoms with Crippen LogP contribution in [0.2, 0.25) is 5.02 Å². The molecule has 1 aromatic rings. The largest absolute Gasteiger partial charge is 0.327 e. The first-order valence-electron chi connectivity index (χ1n) is 5.07. The molecule has 16 heavy (non-hydrogen) atoms. The number of sulfone groups is 1. The summed E-state index contributed by atoms with van der Waals surface area (Å²) in [5, 5.41) is 0.249. The Hall–Kier alpha value is -0.580. The van der Waals surface area contributed by atoms with Crippen LogP contribution in [0.4, 0.5) is 0 Å². The van der Waals surface area contributed by atoms with E-state index in [1.807, 2.05) is 13.8 Å². The maximum atomic E-state index is 12.0. The third kappa shape index (κ3) is 3.20. The lowest BCUT2D eigenvalue weighted by Gasteiger charge is -2.16. The summed E-state index contributed by atoms with van der Waals surface area (Å²) in [5.41, 5.74) is 5.77. The summed E-state index contributed by atoms with van der Waals surface area (Å²) < 4.78 is 24.0. The van der Waals surface area contributed by atoms with E-state index in [-0.39, 0.29) is 27.6 Å². The molecule has 0 aliphatic heterocycles. The molecule has 0 saturated carbocycles. The highest BCUT2D eigenvalue weighted by Gasteiger charge is 2.22. The SMILES string of the molecule is CC(C)C(N)CS(=O)(=O)c1ccccc1Cl. The van der Waals surface area contributed by atoms with E-state index in [2.05, 4.69) is 0 Å². The predicted octanol–water partition coefficient (Wildman–Crippen LogP) is 2.10. The van der Waals surface area contributed by atoms with E-state index < -0.39 is 9.84 Å². The van der Waals surface area contributed by atoms with Gasteiger partial charge in [-0.3, -0.25) is 0 Å². The lowest BCUT2D eigenvalue weighted by Crippen LogP contribution is -2.34. The van der Waals surface area contributed by atoms with Gasteiger partial charge in [-0.15, -0.1) is 0 Å². The van der Waals surface area contributed by atoms with E-state index in [0.717, 1.165) is 0 Å². The molecule has 1 unspecified atom stereocenters. The van der Waals surface area contributed by atoms with Crippen molar-refractivity contribution in [3.05, 3.63) is 29.3 Å². The molecule has 90 valence electrons. The minimum absolute atomic E-state index is 0.0750. The third-order valence-corrected chi connectivity index (χ3v) is 4.73. The molecule has 0 radical (unpaired) electrons. The van der Waals surface area contributed by atoms with E-state index in [4.69, 9.17) is 17.3 Å². The van der Waals surface area contributed by atoms with Crippen molar-refractivity contribution >= 4 is 21.4 Å². The van der Waals surface area contributed by atoms with E-state index in [1.165, 1.54) is 6.07 Å². The zero-order valence-electron chi connectivity index (χ0n) is 9.35. The van der Waals surface area contributed by atoms with Crippen LogP contribution in [0, 0.1) is 5.92 Å². The molecule has 0 aliphatic carbocycles. The van der Waals surface area contributed by atoms with Gasteiger partial charge in [-0.05, 0) is 18.1 Å². The number of hydrogen-bond acceptors (Lipinski definition) is 3. The fraction of sp³-hybridized carbons (Fsp3) is 0.455. The van der Waals surface area contributed by atoms with Crippen molar-refractivity contribution in [3.63, 3.8) is 0 Å². The zero-order valence-corrected chi connectivity index (χ0v) is 10.9. The summed E-state index contributed by atoms with van der Waals surface area (Å²) >= 11 is 5.85. The molecule has 0 heterocycles. The van der Waals surface area contributed by atoms with Gasteiger partial charge in [0, 0.05) is 6.04 Å². The predicted molar refractivity (Wildman–Crippen MR) is 66.3 cm³/mol. The maximum absolute atomic E-state index is 12.0. The molecular weight excluding hydrogens is 246 g/mol. The molecule has 0 amide bonds. The second-order valence-corrected chi connectivity index (χ2v) is 6.53. The molecule has 0 saturated heterocycles. The van der Waals surface area contributed by atoms with E-state index in [1.54, 1.807) is 18.2 Å². The number of nitrogens with two attached hydrogens (primary N) is 1. The van der Waals surface area contributed by atoms with Crippen LogP contribution in [-0.4, -0.2) is 20.2 Å². The fourth-order valence-electron chi connectivity index (χ4n) is 1.23. The van der Waals surface area contributed by atoms with Crippen molar-refractivity contribution in [1.82, 2.24) is 0 Å². The Morgan fingerprint density at radius 1 is 1.31 bits per heavy atom. The second-order valence-electron chi connectivity index (χ2n) is 4.12. The number of rotatable bonds is 4. The minimum Gasteiger partial charge on any atom is -0.327 e. The van der Waals surface area contributed by atoms with Crippen LogP contribution in [-0.2, 0) is 9.84 Å². The summed E-state index contributed by atoms with van der Waals surface area (Å²) in [4.78, 5) is 0.160. The molecule has 2 N–H and O–H groups in total. The normalized spacial score (nSPS) is 14.1. The van der Waals surface area contributed by atoms with Gasteiger partial charge in [-0.25, -0.2) is 8.42 Å². The van der Waals surface area contributed by atoms with Gasteiger partial charge in [0.15, 0.2) is 9.84 Å². The van der Waals surface area contributed by atoms with E-state index >= 15 is 0 Å². The topological polar surface area (TPSA) is 60.2 Å². The smallest absolute Gasteiger partial charge is 0.181 e. The first-order valence-corrected chi connectivity index (χ1v) is 7.10. The van der Waals surface area contributed by atoms with Gasteiger partial charge in [0.05, 0.1) is 15.7 Å². The molecule has 1 aromatic carbocycles. The minimum atomic E-state index is -3.39. The van der Waals surface area contributed by atoms with Gasteiger partial charge in [0.25, 0.3) is 0 Å². The van der Waals surface area contributed by atoms with Gasteiger partial charge in [-0.1, -0.05) is 37.6 Å². The molecular formula is C11H16ClNO2S.